The molecule has 0 unspecified atom stereocenters. The van der Waals surface area contributed by atoms with Crippen LogP contribution in [-0.2, 0) is 20.9 Å². The molecule has 0 N–H and O–H groups in total. The molecular weight excluding hydrogens is 322 g/mol. The van der Waals surface area contributed by atoms with E-state index in [1.54, 1.807) is 4.90 Å². The van der Waals surface area contributed by atoms with Gasteiger partial charge in [0.15, 0.2) is 0 Å². The molecule has 130 valence electrons. The molecule has 7 nitrogen and oxygen atoms in total. The van der Waals surface area contributed by atoms with Crippen LogP contribution in [0.5, 0.6) is 0 Å². The Labute approximate surface area is 145 Å². The van der Waals surface area contributed by atoms with Crippen molar-refractivity contribution < 1.29 is 19.1 Å². The first-order valence-electron chi connectivity index (χ1n) is 8.23. The number of amides is 3. The van der Waals surface area contributed by atoms with Crippen molar-refractivity contribution in [2.75, 3.05) is 19.6 Å². The average molecular weight is 341 g/mol. The number of carbonyl (C=O) groups is 3. The number of benzene rings is 1. The van der Waals surface area contributed by atoms with Gasteiger partial charge in [-0.25, -0.2) is 4.79 Å². The highest BCUT2D eigenvalue weighted by molar-refractivity contribution is 6.06. The van der Waals surface area contributed by atoms with Gasteiger partial charge in [-0.2, -0.15) is 5.26 Å². The number of ether oxygens (including phenoxy) is 1. The first-order chi connectivity index (χ1) is 12.1. The number of rotatable bonds is 3. The Morgan fingerprint density at radius 3 is 2.52 bits per heavy atom. The van der Waals surface area contributed by atoms with Crippen LogP contribution in [0.4, 0.5) is 4.79 Å². The van der Waals surface area contributed by atoms with Crippen molar-refractivity contribution >= 4 is 17.9 Å². The molecule has 1 aromatic carbocycles. The largest absolute Gasteiger partial charge is 0.445 e. The van der Waals surface area contributed by atoms with Crippen LogP contribution in [0.2, 0.25) is 0 Å². The molecule has 2 heterocycles. The summed E-state index contributed by atoms with van der Waals surface area (Å²) in [5, 5.41) is 8.75. The summed E-state index contributed by atoms with van der Waals surface area (Å²) in [6.07, 6.45) is 0.546. The summed E-state index contributed by atoms with van der Waals surface area (Å²) in [6.45, 7) is 0.733. The number of piperidine rings is 1. The molecule has 7 heteroatoms. The summed E-state index contributed by atoms with van der Waals surface area (Å²) in [4.78, 5) is 39.2. The second-order valence-electron chi connectivity index (χ2n) is 6.43. The Bertz CT molecular complexity index is 718. The lowest BCUT2D eigenvalue weighted by molar-refractivity contribution is -0.141. The van der Waals surface area contributed by atoms with Crippen molar-refractivity contribution in [2.24, 2.45) is 5.41 Å². The highest BCUT2D eigenvalue weighted by Crippen LogP contribution is 2.42. The third-order valence-corrected chi connectivity index (χ3v) is 4.90. The summed E-state index contributed by atoms with van der Waals surface area (Å²) in [5.41, 5.74) is 0.150. The molecule has 2 saturated heterocycles. The van der Waals surface area contributed by atoms with Gasteiger partial charge < -0.3 is 9.64 Å². The molecular formula is C18H19N3O4. The van der Waals surface area contributed by atoms with Crippen molar-refractivity contribution in [1.82, 2.24) is 9.80 Å². The minimum absolute atomic E-state index is 0.125. The average Bonchev–Trinajstić information content (AvgIpc) is 2.86. The van der Waals surface area contributed by atoms with Crippen LogP contribution in [0.15, 0.2) is 30.3 Å². The van der Waals surface area contributed by atoms with Crippen molar-refractivity contribution in [3.63, 3.8) is 0 Å². The monoisotopic (exact) mass is 341 g/mol. The zero-order valence-electron chi connectivity index (χ0n) is 13.8. The number of carbonyl (C=O) groups excluding carboxylic acids is 3. The number of nitriles is 1. The van der Waals surface area contributed by atoms with Crippen LogP contribution in [-0.4, -0.2) is 47.3 Å². The fourth-order valence-electron chi connectivity index (χ4n) is 3.41. The van der Waals surface area contributed by atoms with E-state index in [1.165, 1.54) is 0 Å². The van der Waals surface area contributed by atoms with Crippen LogP contribution in [0.1, 0.15) is 24.8 Å². The summed E-state index contributed by atoms with van der Waals surface area (Å²) in [7, 11) is 0. The summed E-state index contributed by atoms with van der Waals surface area (Å²) >= 11 is 0. The van der Waals surface area contributed by atoms with Gasteiger partial charge in [-0.1, -0.05) is 30.3 Å². The van der Waals surface area contributed by atoms with Gasteiger partial charge in [-0.3, -0.25) is 14.5 Å². The molecule has 1 aromatic rings. The van der Waals surface area contributed by atoms with E-state index in [2.05, 4.69) is 0 Å². The van der Waals surface area contributed by atoms with Gasteiger partial charge in [-0.05, 0) is 18.4 Å². The number of imide groups is 1. The van der Waals surface area contributed by atoms with Crippen LogP contribution >= 0.6 is 0 Å². The second kappa shape index (κ2) is 6.93. The van der Waals surface area contributed by atoms with E-state index < -0.39 is 11.5 Å². The zero-order chi connectivity index (χ0) is 17.9. The molecule has 0 atom stereocenters. The SMILES string of the molecule is N#CCN1C(=O)CC2(CCN(C(=O)OCc3ccccc3)CC2)C1=O. The highest BCUT2D eigenvalue weighted by Gasteiger charge is 2.52. The molecule has 0 aliphatic carbocycles. The summed E-state index contributed by atoms with van der Waals surface area (Å²) in [5.74, 6) is -0.581. The summed E-state index contributed by atoms with van der Waals surface area (Å²) < 4.78 is 5.31. The van der Waals surface area contributed by atoms with E-state index in [9.17, 15) is 14.4 Å². The Hall–Kier alpha value is -2.88. The molecule has 3 rings (SSSR count). The fourth-order valence-corrected chi connectivity index (χ4v) is 3.41. The quantitative estimate of drug-likeness (QED) is 0.616. The van der Waals surface area contributed by atoms with Crippen molar-refractivity contribution in [2.45, 2.75) is 25.9 Å². The molecule has 3 amide bonds. The normalized spacial score (nSPS) is 19.2. The third-order valence-electron chi connectivity index (χ3n) is 4.90. The van der Waals surface area contributed by atoms with Gasteiger partial charge in [0, 0.05) is 19.5 Å². The predicted octanol–water partition coefficient (Wildman–Crippen LogP) is 1.69. The van der Waals surface area contributed by atoms with E-state index in [0.717, 1.165) is 10.5 Å². The molecule has 2 aliphatic rings. The Kier molecular flexibility index (Phi) is 4.70. The van der Waals surface area contributed by atoms with E-state index in [4.69, 9.17) is 10.00 Å². The molecule has 1 spiro atoms. The molecule has 0 saturated carbocycles. The molecule has 25 heavy (non-hydrogen) atoms. The number of hydrogen-bond acceptors (Lipinski definition) is 5. The van der Waals surface area contributed by atoms with Crippen LogP contribution in [0, 0.1) is 16.7 Å². The van der Waals surface area contributed by atoms with E-state index in [-0.39, 0.29) is 31.4 Å². The lowest BCUT2D eigenvalue weighted by Crippen LogP contribution is -2.46. The van der Waals surface area contributed by atoms with Gasteiger partial charge >= 0.3 is 6.09 Å². The lowest BCUT2D eigenvalue weighted by Gasteiger charge is -2.36. The first-order valence-corrected chi connectivity index (χ1v) is 8.23. The van der Waals surface area contributed by atoms with Gasteiger partial charge in [0.05, 0.1) is 11.5 Å². The second-order valence-corrected chi connectivity index (χ2v) is 6.43. The molecule has 0 radical (unpaired) electrons. The van der Waals surface area contributed by atoms with Crippen LogP contribution < -0.4 is 0 Å². The van der Waals surface area contributed by atoms with Gasteiger partial charge in [0.2, 0.25) is 11.8 Å². The van der Waals surface area contributed by atoms with Crippen LogP contribution in [0.25, 0.3) is 0 Å². The maximum Gasteiger partial charge on any atom is 0.410 e. The number of hydrogen-bond donors (Lipinski definition) is 0. The Balaban J connectivity index is 1.55. The topological polar surface area (TPSA) is 90.7 Å². The van der Waals surface area contributed by atoms with Crippen molar-refractivity contribution in [3.05, 3.63) is 35.9 Å². The molecule has 2 aliphatic heterocycles. The molecule has 0 aromatic heterocycles. The van der Waals surface area contributed by atoms with Gasteiger partial charge in [0.1, 0.15) is 13.2 Å². The smallest absolute Gasteiger partial charge is 0.410 e. The zero-order valence-corrected chi connectivity index (χ0v) is 13.8. The highest BCUT2D eigenvalue weighted by atomic mass is 16.6. The maximum absolute atomic E-state index is 12.5. The third kappa shape index (κ3) is 3.33. The first kappa shape index (κ1) is 17.0. The van der Waals surface area contributed by atoms with E-state index >= 15 is 0 Å². The summed E-state index contributed by atoms with van der Waals surface area (Å²) in [6, 6.07) is 11.3. The molecule has 2 fully saturated rings. The van der Waals surface area contributed by atoms with Gasteiger partial charge in [0.25, 0.3) is 0 Å². The number of nitrogens with zero attached hydrogens (tertiary/aromatic N) is 3. The van der Waals surface area contributed by atoms with Gasteiger partial charge in [-0.15, -0.1) is 0 Å². The van der Waals surface area contributed by atoms with Crippen molar-refractivity contribution in [1.29, 1.82) is 5.26 Å². The Morgan fingerprint density at radius 2 is 1.88 bits per heavy atom. The predicted molar refractivity (Wildman–Crippen MR) is 86.8 cm³/mol. The standard InChI is InChI=1S/C18H19N3O4/c19-8-11-21-15(22)12-18(16(21)23)6-9-20(10-7-18)17(24)25-13-14-4-2-1-3-5-14/h1-5H,6-7,9-13H2. The van der Waals surface area contributed by atoms with Crippen LogP contribution in [0.3, 0.4) is 0 Å². The minimum atomic E-state index is -0.760. The van der Waals surface area contributed by atoms with E-state index in [1.807, 2.05) is 36.4 Å². The lowest BCUT2D eigenvalue weighted by atomic mass is 9.77. The van der Waals surface area contributed by atoms with E-state index in [0.29, 0.717) is 25.9 Å². The molecule has 0 bridgehead atoms. The minimum Gasteiger partial charge on any atom is -0.445 e. The fraction of sp³-hybridized carbons (Fsp3) is 0.444. The van der Waals surface area contributed by atoms with Crippen molar-refractivity contribution in [3.8, 4) is 6.07 Å². The maximum atomic E-state index is 12.5. The number of likely N-dealkylation sites (tertiary alicyclic amines) is 2. The Morgan fingerprint density at radius 1 is 1.20 bits per heavy atom.